The third kappa shape index (κ3) is 2.41. The van der Waals surface area contributed by atoms with Gasteiger partial charge < -0.3 is 10.3 Å². The fourth-order valence-corrected chi connectivity index (χ4v) is 1.87. The zero-order chi connectivity index (χ0) is 12.4. The second kappa shape index (κ2) is 4.50. The Labute approximate surface area is 102 Å². The van der Waals surface area contributed by atoms with Crippen LogP contribution in [0.1, 0.15) is 11.5 Å². The Bertz CT molecular complexity index is 562. The zero-order valence-corrected chi connectivity index (χ0v) is 10.2. The van der Waals surface area contributed by atoms with Crippen molar-refractivity contribution >= 4 is 17.6 Å². The molecule has 2 aromatic rings. The first-order valence-corrected chi connectivity index (χ1v) is 5.61. The lowest BCUT2D eigenvalue weighted by atomic mass is 10.4. The van der Waals surface area contributed by atoms with Gasteiger partial charge in [-0.3, -0.25) is 5.41 Å². The maximum Gasteiger partial charge on any atom is 0.198 e. The van der Waals surface area contributed by atoms with Gasteiger partial charge in [-0.05, 0) is 24.8 Å². The van der Waals surface area contributed by atoms with Crippen molar-refractivity contribution < 1.29 is 0 Å². The van der Waals surface area contributed by atoms with Gasteiger partial charge >= 0.3 is 0 Å². The van der Waals surface area contributed by atoms with Crippen molar-refractivity contribution in [3.8, 4) is 0 Å². The first-order chi connectivity index (χ1) is 8.08. The summed E-state index contributed by atoms with van der Waals surface area (Å²) in [5, 5.41) is 16.4. The molecular formula is C9H11N7S. The molecule has 3 N–H and O–H groups in total. The minimum atomic E-state index is -0.0802. The number of hydrogen-bond donors (Lipinski definition) is 2. The lowest BCUT2D eigenvalue weighted by molar-refractivity contribution is 0.762. The summed E-state index contributed by atoms with van der Waals surface area (Å²) in [6.07, 6.45) is 1.56. The van der Waals surface area contributed by atoms with E-state index in [-0.39, 0.29) is 5.84 Å². The summed E-state index contributed by atoms with van der Waals surface area (Å²) in [6, 6.07) is 1.59. The first-order valence-electron chi connectivity index (χ1n) is 4.79. The normalized spacial score (nSPS) is 10.5. The van der Waals surface area contributed by atoms with Crippen LogP contribution in [0.3, 0.4) is 0 Å². The lowest BCUT2D eigenvalue weighted by Gasteiger charge is -2.01. The highest BCUT2D eigenvalue weighted by Gasteiger charge is 2.09. The van der Waals surface area contributed by atoms with Crippen LogP contribution in [0.15, 0.2) is 22.6 Å². The van der Waals surface area contributed by atoms with Crippen LogP contribution in [0, 0.1) is 12.3 Å². The van der Waals surface area contributed by atoms with Gasteiger partial charge in [0.1, 0.15) is 17.4 Å². The van der Waals surface area contributed by atoms with Gasteiger partial charge in [0.15, 0.2) is 10.3 Å². The Morgan fingerprint density at radius 3 is 2.82 bits per heavy atom. The number of nitrogens with two attached hydrogens (primary N) is 1. The van der Waals surface area contributed by atoms with Gasteiger partial charge in [-0.25, -0.2) is 9.97 Å². The summed E-state index contributed by atoms with van der Waals surface area (Å²) >= 11 is 1.28. The van der Waals surface area contributed by atoms with E-state index in [9.17, 15) is 0 Å². The van der Waals surface area contributed by atoms with Crippen LogP contribution in [-0.4, -0.2) is 30.6 Å². The van der Waals surface area contributed by atoms with E-state index in [4.69, 9.17) is 11.1 Å². The Hall–Kier alpha value is -1.96. The Morgan fingerprint density at radius 1 is 1.47 bits per heavy atom. The van der Waals surface area contributed by atoms with Gasteiger partial charge in [-0.15, -0.1) is 10.2 Å². The molecule has 0 saturated carbocycles. The number of nitrogens with zero attached hydrogens (tertiary/aromatic N) is 5. The van der Waals surface area contributed by atoms with E-state index in [1.807, 2.05) is 18.5 Å². The standard InChI is InChI=1S/C9H11N7S/c1-5-14-15-9(16(5)2)17-8-12-4-3-6(13-8)7(10)11/h3-4H,1-2H3,(H3,10,11). The van der Waals surface area contributed by atoms with Crippen molar-refractivity contribution in [2.24, 2.45) is 12.8 Å². The highest BCUT2D eigenvalue weighted by molar-refractivity contribution is 7.99. The molecule has 88 valence electrons. The van der Waals surface area contributed by atoms with Gasteiger partial charge in [-0.1, -0.05) is 0 Å². The fraction of sp³-hybridized carbons (Fsp3) is 0.222. The smallest absolute Gasteiger partial charge is 0.198 e. The monoisotopic (exact) mass is 249 g/mol. The topological polar surface area (TPSA) is 106 Å². The van der Waals surface area contributed by atoms with E-state index >= 15 is 0 Å². The molecule has 0 fully saturated rings. The van der Waals surface area contributed by atoms with Gasteiger partial charge in [0, 0.05) is 13.2 Å². The maximum atomic E-state index is 7.30. The summed E-state index contributed by atoms with van der Waals surface area (Å²) < 4.78 is 1.84. The second-order valence-corrected chi connectivity index (χ2v) is 4.26. The van der Waals surface area contributed by atoms with Crippen LogP contribution in [0.4, 0.5) is 0 Å². The molecule has 0 aromatic carbocycles. The fourth-order valence-electron chi connectivity index (χ4n) is 1.10. The van der Waals surface area contributed by atoms with E-state index in [0.717, 1.165) is 5.82 Å². The van der Waals surface area contributed by atoms with Crippen molar-refractivity contribution in [2.75, 3.05) is 0 Å². The third-order valence-electron chi connectivity index (χ3n) is 2.14. The SMILES string of the molecule is Cc1nnc(Sc2nccc(C(=N)N)n2)n1C. The summed E-state index contributed by atoms with van der Waals surface area (Å²) in [6.45, 7) is 1.86. The van der Waals surface area contributed by atoms with Crippen molar-refractivity contribution in [2.45, 2.75) is 17.2 Å². The maximum absolute atomic E-state index is 7.30. The van der Waals surface area contributed by atoms with Crippen LogP contribution in [0.2, 0.25) is 0 Å². The molecule has 0 spiro atoms. The first kappa shape index (κ1) is 11.5. The molecule has 0 aliphatic carbocycles. The highest BCUT2D eigenvalue weighted by Crippen LogP contribution is 2.22. The molecule has 0 amide bonds. The quantitative estimate of drug-likeness (QED) is 0.462. The number of nitrogens with one attached hydrogen (secondary N) is 1. The number of nitrogen functional groups attached to an aromatic ring is 1. The number of hydrogen-bond acceptors (Lipinski definition) is 6. The van der Waals surface area contributed by atoms with E-state index < -0.39 is 0 Å². The van der Waals surface area contributed by atoms with E-state index in [1.165, 1.54) is 11.8 Å². The molecule has 0 bridgehead atoms. The molecule has 2 aromatic heterocycles. The van der Waals surface area contributed by atoms with Gasteiger partial charge in [0.2, 0.25) is 0 Å². The minimum absolute atomic E-state index is 0.0802. The molecule has 0 atom stereocenters. The van der Waals surface area contributed by atoms with Crippen LogP contribution >= 0.6 is 11.8 Å². The molecule has 7 nitrogen and oxygen atoms in total. The number of aromatic nitrogens is 5. The van der Waals surface area contributed by atoms with E-state index in [1.54, 1.807) is 12.3 Å². The van der Waals surface area contributed by atoms with Crippen LogP contribution in [0.25, 0.3) is 0 Å². The molecular weight excluding hydrogens is 238 g/mol. The third-order valence-corrected chi connectivity index (χ3v) is 3.06. The predicted octanol–water partition coefficient (Wildman–Crippen LogP) is 0.349. The molecule has 8 heteroatoms. The number of amidine groups is 1. The summed E-state index contributed by atoms with van der Waals surface area (Å²) in [7, 11) is 1.87. The predicted molar refractivity (Wildman–Crippen MR) is 62.9 cm³/mol. The van der Waals surface area contributed by atoms with Crippen LogP contribution < -0.4 is 5.73 Å². The molecule has 0 aliphatic rings. The Morgan fingerprint density at radius 2 is 2.24 bits per heavy atom. The van der Waals surface area contributed by atoms with Crippen molar-refractivity contribution in [1.29, 1.82) is 5.41 Å². The average Bonchev–Trinajstić information content (AvgIpc) is 2.61. The van der Waals surface area contributed by atoms with E-state index in [0.29, 0.717) is 16.0 Å². The molecule has 0 aliphatic heterocycles. The minimum Gasteiger partial charge on any atom is -0.382 e. The van der Waals surface area contributed by atoms with Crippen molar-refractivity contribution in [1.82, 2.24) is 24.7 Å². The summed E-state index contributed by atoms with van der Waals surface area (Å²) in [5.41, 5.74) is 5.76. The molecule has 0 saturated heterocycles. The van der Waals surface area contributed by atoms with Gasteiger partial charge in [0.25, 0.3) is 0 Å². The van der Waals surface area contributed by atoms with Crippen LogP contribution in [-0.2, 0) is 7.05 Å². The van der Waals surface area contributed by atoms with Gasteiger partial charge in [-0.2, -0.15) is 0 Å². The molecule has 0 unspecified atom stereocenters. The summed E-state index contributed by atoms with van der Waals surface area (Å²) in [4.78, 5) is 8.23. The molecule has 2 heterocycles. The number of aryl methyl sites for hydroxylation is 1. The summed E-state index contributed by atoms with van der Waals surface area (Å²) in [5.74, 6) is 0.735. The zero-order valence-electron chi connectivity index (χ0n) is 9.38. The lowest BCUT2D eigenvalue weighted by Crippen LogP contribution is -2.13. The average molecular weight is 249 g/mol. The Balaban J connectivity index is 2.27. The molecule has 17 heavy (non-hydrogen) atoms. The largest absolute Gasteiger partial charge is 0.382 e. The second-order valence-electron chi connectivity index (χ2n) is 3.33. The molecule has 2 rings (SSSR count). The van der Waals surface area contributed by atoms with Crippen molar-refractivity contribution in [3.05, 3.63) is 23.8 Å². The highest BCUT2D eigenvalue weighted by atomic mass is 32.2. The van der Waals surface area contributed by atoms with E-state index in [2.05, 4.69) is 20.2 Å². The molecule has 0 radical (unpaired) electrons. The Kier molecular flexibility index (Phi) is 3.05. The van der Waals surface area contributed by atoms with Crippen LogP contribution in [0.5, 0.6) is 0 Å². The van der Waals surface area contributed by atoms with Gasteiger partial charge in [0.05, 0.1) is 0 Å². The van der Waals surface area contributed by atoms with Crippen molar-refractivity contribution in [3.63, 3.8) is 0 Å². The number of rotatable bonds is 3.